The fourth-order valence-corrected chi connectivity index (χ4v) is 3.72. The molecule has 0 aromatic heterocycles. The third-order valence-corrected chi connectivity index (χ3v) is 5.49. The van der Waals surface area contributed by atoms with Gasteiger partial charge in [0.2, 0.25) is 0 Å². The molecule has 1 N–H and O–H groups in total. The van der Waals surface area contributed by atoms with E-state index in [1.165, 1.54) is 23.9 Å². The summed E-state index contributed by atoms with van der Waals surface area (Å²) in [7, 11) is 1.38. The van der Waals surface area contributed by atoms with Crippen LogP contribution in [-0.2, 0) is 16.0 Å². The molecule has 2 aromatic carbocycles. The van der Waals surface area contributed by atoms with Crippen LogP contribution in [0.5, 0.6) is 5.75 Å². The summed E-state index contributed by atoms with van der Waals surface area (Å²) in [5, 5.41) is 10.4. The number of ether oxygens (including phenoxy) is 2. The largest absolute Gasteiger partial charge is 0.491 e. The van der Waals surface area contributed by atoms with E-state index < -0.39 is 6.10 Å². The Labute approximate surface area is 179 Å². The van der Waals surface area contributed by atoms with Gasteiger partial charge in [-0.3, -0.25) is 9.69 Å². The Balaban J connectivity index is 1.41. The Morgan fingerprint density at radius 1 is 1.07 bits per heavy atom. The second kappa shape index (κ2) is 10.5. The molecular formula is C24H32N2O4. The first-order valence-corrected chi connectivity index (χ1v) is 10.5. The number of anilines is 1. The Morgan fingerprint density at radius 3 is 2.43 bits per heavy atom. The molecule has 0 radical (unpaired) electrons. The lowest BCUT2D eigenvalue weighted by atomic mass is 10.1. The third-order valence-electron chi connectivity index (χ3n) is 5.49. The quantitative estimate of drug-likeness (QED) is 0.673. The van der Waals surface area contributed by atoms with Crippen LogP contribution in [0.15, 0.2) is 42.5 Å². The summed E-state index contributed by atoms with van der Waals surface area (Å²) in [6.45, 7) is 8.89. The lowest BCUT2D eigenvalue weighted by Crippen LogP contribution is -2.49. The van der Waals surface area contributed by atoms with Crippen molar-refractivity contribution >= 4 is 11.7 Å². The van der Waals surface area contributed by atoms with Crippen LogP contribution in [0.3, 0.4) is 0 Å². The van der Waals surface area contributed by atoms with Gasteiger partial charge < -0.3 is 19.5 Å². The molecule has 1 fully saturated rings. The molecule has 2 aromatic rings. The number of hydrogen-bond donors (Lipinski definition) is 1. The minimum Gasteiger partial charge on any atom is -0.491 e. The second-order valence-electron chi connectivity index (χ2n) is 7.94. The van der Waals surface area contributed by atoms with Gasteiger partial charge in [0.05, 0.1) is 13.5 Å². The van der Waals surface area contributed by atoms with E-state index in [1.807, 2.05) is 24.3 Å². The molecule has 0 bridgehead atoms. The molecule has 30 heavy (non-hydrogen) atoms. The van der Waals surface area contributed by atoms with E-state index in [4.69, 9.17) is 4.74 Å². The molecule has 6 heteroatoms. The van der Waals surface area contributed by atoms with Gasteiger partial charge in [0.1, 0.15) is 18.5 Å². The zero-order valence-electron chi connectivity index (χ0n) is 18.1. The Kier molecular flexibility index (Phi) is 7.71. The van der Waals surface area contributed by atoms with Crippen molar-refractivity contribution in [3.8, 4) is 5.75 Å². The molecule has 6 nitrogen and oxygen atoms in total. The summed E-state index contributed by atoms with van der Waals surface area (Å²) >= 11 is 0. The van der Waals surface area contributed by atoms with E-state index in [0.29, 0.717) is 12.3 Å². The number of carbonyl (C=O) groups is 1. The van der Waals surface area contributed by atoms with Gasteiger partial charge in [0.25, 0.3) is 0 Å². The van der Waals surface area contributed by atoms with Gasteiger partial charge >= 0.3 is 5.97 Å². The topological polar surface area (TPSA) is 62.2 Å². The SMILES string of the molecule is COC(=O)Cc1ccc(OCC(O)CN2CCN(c3cc(C)ccc3C)CC2)cc1. The normalized spacial score (nSPS) is 15.7. The number of hydrogen-bond acceptors (Lipinski definition) is 6. The van der Waals surface area contributed by atoms with Crippen LogP contribution in [0.4, 0.5) is 5.69 Å². The zero-order chi connectivity index (χ0) is 21.5. The summed E-state index contributed by atoms with van der Waals surface area (Å²) in [5.41, 5.74) is 4.77. The van der Waals surface area contributed by atoms with Gasteiger partial charge in [-0.2, -0.15) is 0 Å². The molecule has 0 aliphatic carbocycles. The molecule has 1 aliphatic rings. The van der Waals surface area contributed by atoms with Gasteiger partial charge in [-0.25, -0.2) is 0 Å². The predicted molar refractivity (Wildman–Crippen MR) is 118 cm³/mol. The number of benzene rings is 2. The molecule has 0 spiro atoms. The molecule has 1 aliphatic heterocycles. The highest BCUT2D eigenvalue weighted by Crippen LogP contribution is 2.23. The lowest BCUT2D eigenvalue weighted by Gasteiger charge is -2.37. The number of piperazine rings is 1. The van der Waals surface area contributed by atoms with Crippen LogP contribution in [0.1, 0.15) is 16.7 Å². The minimum atomic E-state index is -0.549. The Morgan fingerprint density at radius 2 is 1.77 bits per heavy atom. The number of aliphatic hydroxyl groups excluding tert-OH is 1. The maximum atomic E-state index is 11.3. The van der Waals surface area contributed by atoms with E-state index in [0.717, 1.165) is 31.7 Å². The van der Waals surface area contributed by atoms with E-state index in [2.05, 4.69) is 46.6 Å². The summed E-state index contributed by atoms with van der Waals surface area (Å²) in [5.74, 6) is 0.416. The standard InChI is InChI=1S/C24H32N2O4/c1-18-4-5-19(2)23(14-18)26-12-10-25(11-13-26)16-21(27)17-30-22-8-6-20(7-9-22)15-24(28)29-3/h4-9,14,21,27H,10-13,15-17H2,1-3H3. The van der Waals surface area contributed by atoms with Crippen LogP contribution >= 0.6 is 0 Å². The zero-order valence-corrected chi connectivity index (χ0v) is 18.1. The predicted octanol–water partition coefficient (Wildman–Crippen LogP) is 2.58. The van der Waals surface area contributed by atoms with Crippen molar-refractivity contribution in [3.05, 3.63) is 59.2 Å². The molecule has 1 atom stereocenters. The van der Waals surface area contributed by atoms with Gasteiger partial charge in [0, 0.05) is 38.4 Å². The first-order valence-electron chi connectivity index (χ1n) is 10.5. The van der Waals surface area contributed by atoms with Crippen molar-refractivity contribution in [2.45, 2.75) is 26.4 Å². The van der Waals surface area contributed by atoms with Crippen molar-refractivity contribution in [1.29, 1.82) is 0 Å². The van der Waals surface area contributed by atoms with Gasteiger partial charge in [-0.15, -0.1) is 0 Å². The van der Waals surface area contributed by atoms with E-state index in [-0.39, 0.29) is 19.0 Å². The maximum absolute atomic E-state index is 11.3. The van der Waals surface area contributed by atoms with E-state index >= 15 is 0 Å². The van der Waals surface area contributed by atoms with Crippen molar-refractivity contribution in [2.24, 2.45) is 0 Å². The highest BCUT2D eigenvalue weighted by Gasteiger charge is 2.20. The molecule has 1 saturated heterocycles. The average Bonchev–Trinajstić information content (AvgIpc) is 2.75. The molecule has 0 amide bonds. The summed E-state index contributed by atoms with van der Waals surface area (Å²) < 4.78 is 10.4. The number of nitrogens with zero attached hydrogens (tertiary/aromatic N) is 2. The van der Waals surface area contributed by atoms with Crippen LogP contribution in [0.25, 0.3) is 0 Å². The first-order chi connectivity index (χ1) is 14.4. The monoisotopic (exact) mass is 412 g/mol. The lowest BCUT2D eigenvalue weighted by molar-refractivity contribution is -0.139. The second-order valence-corrected chi connectivity index (χ2v) is 7.94. The summed E-state index contributed by atoms with van der Waals surface area (Å²) in [6.07, 6.45) is -0.306. The van der Waals surface area contributed by atoms with E-state index in [1.54, 1.807) is 0 Å². The molecular weight excluding hydrogens is 380 g/mol. The average molecular weight is 413 g/mol. The summed E-state index contributed by atoms with van der Waals surface area (Å²) in [6, 6.07) is 13.9. The molecule has 162 valence electrons. The van der Waals surface area contributed by atoms with Crippen molar-refractivity contribution in [3.63, 3.8) is 0 Å². The fourth-order valence-electron chi connectivity index (χ4n) is 3.72. The number of methoxy groups -OCH3 is 1. The van der Waals surface area contributed by atoms with Gasteiger partial charge in [0.15, 0.2) is 0 Å². The highest BCUT2D eigenvalue weighted by atomic mass is 16.5. The number of aryl methyl sites for hydroxylation is 2. The molecule has 1 unspecified atom stereocenters. The molecule has 1 heterocycles. The summed E-state index contributed by atoms with van der Waals surface area (Å²) in [4.78, 5) is 16.0. The van der Waals surface area contributed by atoms with Gasteiger partial charge in [-0.05, 0) is 48.7 Å². The molecule has 3 rings (SSSR count). The number of aliphatic hydroxyl groups is 1. The van der Waals surface area contributed by atoms with E-state index in [9.17, 15) is 9.90 Å². The van der Waals surface area contributed by atoms with Crippen molar-refractivity contribution in [2.75, 3.05) is 51.3 Å². The highest BCUT2D eigenvalue weighted by molar-refractivity contribution is 5.72. The fraction of sp³-hybridized carbons (Fsp3) is 0.458. The number of β-amino-alcohol motifs (C(OH)–C–C–N with tert-alkyl or cyclic N) is 1. The Bertz CT molecular complexity index is 830. The minimum absolute atomic E-state index is 0.244. The van der Waals surface area contributed by atoms with Crippen molar-refractivity contribution < 1.29 is 19.4 Å². The van der Waals surface area contributed by atoms with Crippen molar-refractivity contribution in [1.82, 2.24) is 4.90 Å². The number of carbonyl (C=O) groups excluding carboxylic acids is 1. The molecule has 0 saturated carbocycles. The first kappa shape index (κ1) is 22.1. The number of esters is 1. The van der Waals surface area contributed by atoms with Crippen LogP contribution in [0.2, 0.25) is 0 Å². The van der Waals surface area contributed by atoms with Crippen LogP contribution in [-0.4, -0.2) is 68.5 Å². The van der Waals surface area contributed by atoms with Crippen LogP contribution < -0.4 is 9.64 Å². The number of rotatable bonds is 8. The maximum Gasteiger partial charge on any atom is 0.309 e. The smallest absolute Gasteiger partial charge is 0.309 e. The van der Waals surface area contributed by atoms with Gasteiger partial charge in [-0.1, -0.05) is 24.3 Å². The third kappa shape index (κ3) is 6.21. The van der Waals surface area contributed by atoms with Crippen LogP contribution in [0, 0.1) is 13.8 Å². The Hall–Kier alpha value is -2.57.